The van der Waals surface area contributed by atoms with Gasteiger partial charge in [0.25, 0.3) is 0 Å². The Labute approximate surface area is 163 Å². The molecule has 146 valence electrons. The second-order valence-electron chi connectivity index (χ2n) is 6.63. The number of benzene rings is 1. The van der Waals surface area contributed by atoms with Crippen LogP contribution in [-0.2, 0) is 31.3 Å². The number of aromatic nitrogens is 2. The summed E-state index contributed by atoms with van der Waals surface area (Å²) in [6, 6.07) is 8.69. The molecule has 0 N–H and O–H groups in total. The fraction of sp³-hybridized carbons (Fsp3) is 0.300. The van der Waals surface area contributed by atoms with Crippen LogP contribution in [0.3, 0.4) is 0 Å². The molecule has 1 aliphatic rings. The van der Waals surface area contributed by atoms with Crippen molar-refractivity contribution in [2.24, 2.45) is 0 Å². The number of rotatable bonds is 5. The van der Waals surface area contributed by atoms with Gasteiger partial charge in [0, 0.05) is 17.0 Å². The van der Waals surface area contributed by atoms with Gasteiger partial charge in [-0.3, -0.25) is 4.57 Å². The highest BCUT2D eigenvalue weighted by Crippen LogP contribution is 2.33. The summed E-state index contributed by atoms with van der Waals surface area (Å²) in [6.07, 6.45) is -0.168. The molecule has 28 heavy (non-hydrogen) atoms. The highest BCUT2D eigenvalue weighted by atomic mass is 32.2. The Balaban J connectivity index is 1.55. The van der Waals surface area contributed by atoms with Gasteiger partial charge in [-0.1, -0.05) is 12.1 Å². The average molecular weight is 406 g/mol. The van der Waals surface area contributed by atoms with Crippen LogP contribution in [0.2, 0.25) is 0 Å². The number of alkyl halides is 3. The number of thioether (sulfide) groups is 1. The van der Waals surface area contributed by atoms with Gasteiger partial charge < -0.3 is 4.42 Å². The largest absolute Gasteiger partial charge is 0.467 e. The topological polar surface area (TPSA) is 48.0 Å². The van der Waals surface area contributed by atoms with E-state index in [1.165, 1.54) is 23.9 Å². The molecule has 0 aliphatic heterocycles. The predicted octanol–water partition coefficient (Wildman–Crippen LogP) is 4.68. The molecule has 4 nitrogen and oxygen atoms in total. The van der Waals surface area contributed by atoms with E-state index < -0.39 is 11.7 Å². The number of furan rings is 1. The van der Waals surface area contributed by atoms with Crippen LogP contribution in [-0.4, -0.2) is 9.55 Å². The summed E-state index contributed by atoms with van der Waals surface area (Å²) in [5.41, 5.74) is 1.80. The standard InChI is InChI=1S/C20H17F3N2O2S/c21-20(22,23)14-8-6-13(7-9-14)12-28-18-16-4-1-5-17(16)25(19(26)24-18)11-15-3-2-10-27-15/h2-3,6-10H,1,4-5,11-12H2. The molecular formula is C20H17F3N2O2S. The van der Waals surface area contributed by atoms with Crippen molar-refractivity contribution in [3.63, 3.8) is 0 Å². The fourth-order valence-corrected chi connectivity index (χ4v) is 4.40. The van der Waals surface area contributed by atoms with Crippen molar-refractivity contribution < 1.29 is 17.6 Å². The van der Waals surface area contributed by atoms with E-state index >= 15 is 0 Å². The summed E-state index contributed by atoms with van der Waals surface area (Å²) in [7, 11) is 0. The Kier molecular flexibility index (Phi) is 5.05. The second-order valence-corrected chi connectivity index (χ2v) is 7.59. The zero-order chi connectivity index (χ0) is 19.7. The van der Waals surface area contributed by atoms with E-state index in [0.717, 1.165) is 48.2 Å². The minimum absolute atomic E-state index is 0.327. The van der Waals surface area contributed by atoms with Crippen molar-refractivity contribution in [3.8, 4) is 0 Å². The van der Waals surface area contributed by atoms with Gasteiger partial charge in [0.15, 0.2) is 0 Å². The van der Waals surface area contributed by atoms with Gasteiger partial charge >= 0.3 is 11.9 Å². The monoisotopic (exact) mass is 406 g/mol. The Hall–Kier alpha value is -2.48. The van der Waals surface area contributed by atoms with E-state index in [9.17, 15) is 18.0 Å². The number of hydrogen-bond acceptors (Lipinski definition) is 4. The molecule has 0 spiro atoms. The maximum Gasteiger partial charge on any atom is 0.416 e. The summed E-state index contributed by atoms with van der Waals surface area (Å²) in [5.74, 6) is 1.15. The van der Waals surface area contributed by atoms with E-state index in [0.29, 0.717) is 23.1 Å². The lowest BCUT2D eigenvalue weighted by Gasteiger charge is -2.13. The molecule has 0 atom stereocenters. The Morgan fingerprint density at radius 2 is 1.93 bits per heavy atom. The molecule has 0 saturated carbocycles. The van der Waals surface area contributed by atoms with Crippen molar-refractivity contribution in [2.45, 2.75) is 42.8 Å². The third-order valence-electron chi connectivity index (χ3n) is 4.75. The van der Waals surface area contributed by atoms with Crippen LogP contribution in [0, 0.1) is 0 Å². The van der Waals surface area contributed by atoms with Crippen molar-refractivity contribution >= 4 is 11.8 Å². The van der Waals surface area contributed by atoms with E-state index in [-0.39, 0.29) is 5.69 Å². The molecule has 0 unspecified atom stereocenters. The molecular weight excluding hydrogens is 389 g/mol. The molecule has 0 fully saturated rings. The summed E-state index contributed by atoms with van der Waals surface area (Å²) >= 11 is 1.39. The second kappa shape index (κ2) is 7.50. The molecule has 3 aromatic rings. The van der Waals surface area contributed by atoms with Gasteiger partial charge in [0.2, 0.25) is 0 Å². The first kappa shape index (κ1) is 18.9. The third kappa shape index (κ3) is 3.87. The molecule has 0 saturated heterocycles. The molecule has 0 amide bonds. The van der Waals surface area contributed by atoms with Gasteiger partial charge in [-0.05, 0) is 49.1 Å². The summed E-state index contributed by atoms with van der Waals surface area (Å²) in [4.78, 5) is 16.8. The quantitative estimate of drug-likeness (QED) is 0.456. The molecule has 1 aliphatic carbocycles. The van der Waals surface area contributed by atoms with Crippen molar-refractivity contribution in [2.75, 3.05) is 0 Å². The Bertz CT molecular complexity index is 1030. The third-order valence-corrected chi connectivity index (χ3v) is 5.84. The van der Waals surface area contributed by atoms with Crippen LogP contribution in [0.5, 0.6) is 0 Å². The van der Waals surface area contributed by atoms with Gasteiger partial charge in [-0.25, -0.2) is 4.79 Å². The highest BCUT2D eigenvalue weighted by Gasteiger charge is 2.30. The lowest BCUT2D eigenvalue weighted by Crippen LogP contribution is -2.27. The molecule has 1 aromatic carbocycles. The minimum Gasteiger partial charge on any atom is -0.467 e. The fourth-order valence-electron chi connectivity index (χ4n) is 3.37. The summed E-state index contributed by atoms with van der Waals surface area (Å²) in [5, 5.41) is 0.674. The normalized spacial score (nSPS) is 13.7. The van der Waals surface area contributed by atoms with Gasteiger partial charge in [-0.2, -0.15) is 18.2 Å². The predicted molar refractivity (Wildman–Crippen MR) is 99.3 cm³/mol. The van der Waals surface area contributed by atoms with Gasteiger partial charge in [0.05, 0.1) is 18.4 Å². The lowest BCUT2D eigenvalue weighted by atomic mass is 10.1. The van der Waals surface area contributed by atoms with Gasteiger partial charge in [0.1, 0.15) is 10.8 Å². The maximum atomic E-state index is 12.7. The zero-order valence-corrected chi connectivity index (χ0v) is 15.6. The number of fused-ring (bicyclic) bond motifs is 1. The van der Waals surface area contributed by atoms with Crippen LogP contribution >= 0.6 is 11.8 Å². The van der Waals surface area contributed by atoms with Crippen molar-refractivity contribution in [1.82, 2.24) is 9.55 Å². The van der Waals surface area contributed by atoms with Crippen LogP contribution in [0.4, 0.5) is 13.2 Å². The summed E-state index contributed by atoms with van der Waals surface area (Å²) < 4.78 is 45.0. The number of halogens is 3. The first-order valence-corrected chi connectivity index (χ1v) is 9.84. The highest BCUT2D eigenvalue weighted by molar-refractivity contribution is 7.98. The van der Waals surface area contributed by atoms with Crippen LogP contribution in [0.15, 0.2) is 56.9 Å². The van der Waals surface area contributed by atoms with E-state index in [4.69, 9.17) is 4.42 Å². The van der Waals surface area contributed by atoms with E-state index in [1.807, 2.05) is 6.07 Å². The van der Waals surface area contributed by atoms with E-state index in [2.05, 4.69) is 4.98 Å². The zero-order valence-electron chi connectivity index (χ0n) is 14.8. The minimum atomic E-state index is -4.34. The number of hydrogen-bond donors (Lipinski definition) is 0. The smallest absolute Gasteiger partial charge is 0.416 e. The van der Waals surface area contributed by atoms with Crippen LogP contribution in [0.1, 0.15) is 34.6 Å². The molecule has 2 heterocycles. The molecule has 0 radical (unpaired) electrons. The molecule has 8 heteroatoms. The molecule has 0 bridgehead atoms. The van der Waals surface area contributed by atoms with Crippen LogP contribution < -0.4 is 5.69 Å². The molecule has 4 rings (SSSR count). The van der Waals surface area contributed by atoms with Gasteiger partial charge in [-0.15, -0.1) is 11.8 Å². The van der Waals surface area contributed by atoms with E-state index in [1.54, 1.807) is 16.9 Å². The lowest BCUT2D eigenvalue weighted by molar-refractivity contribution is -0.137. The Morgan fingerprint density at radius 1 is 1.14 bits per heavy atom. The first-order chi connectivity index (χ1) is 13.4. The average Bonchev–Trinajstić information content (AvgIpc) is 3.34. The molecule has 2 aromatic heterocycles. The van der Waals surface area contributed by atoms with Crippen LogP contribution in [0.25, 0.3) is 0 Å². The van der Waals surface area contributed by atoms with Crippen molar-refractivity contribution in [1.29, 1.82) is 0 Å². The SMILES string of the molecule is O=c1nc(SCc2ccc(C(F)(F)F)cc2)c2c(n1Cc1ccco1)CCC2. The van der Waals surface area contributed by atoms with Crippen molar-refractivity contribution in [3.05, 3.63) is 81.3 Å². The first-order valence-electron chi connectivity index (χ1n) is 8.86. The maximum absolute atomic E-state index is 12.7. The summed E-state index contributed by atoms with van der Waals surface area (Å²) in [6.45, 7) is 0.352. The number of nitrogens with zero attached hydrogens (tertiary/aromatic N) is 2. The Morgan fingerprint density at radius 3 is 2.61 bits per heavy atom.